The Morgan fingerprint density at radius 3 is 2.19 bits per heavy atom. The highest BCUT2D eigenvalue weighted by Crippen LogP contribution is 2.26. The van der Waals surface area contributed by atoms with E-state index in [1.165, 1.54) is 4.31 Å². The van der Waals surface area contributed by atoms with Crippen molar-refractivity contribution in [3.8, 4) is 0 Å². The Morgan fingerprint density at radius 1 is 1.14 bits per heavy atom. The molecule has 6 nitrogen and oxygen atoms in total. The number of aliphatic hydroxyl groups is 1. The van der Waals surface area contributed by atoms with E-state index in [2.05, 4.69) is 4.72 Å². The lowest BCUT2D eigenvalue weighted by molar-refractivity contribution is -0.0446. The molecular formula is C14H28N2O4S. The van der Waals surface area contributed by atoms with Crippen LogP contribution >= 0.6 is 0 Å². The summed E-state index contributed by atoms with van der Waals surface area (Å²) in [6, 6.07) is 0. The fraction of sp³-hybridized carbons (Fsp3) is 1.00. The van der Waals surface area contributed by atoms with Gasteiger partial charge in [0.25, 0.3) is 10.2 Å². The molecule has 1 heterocycles. The van der Waals surface area contributed by atoms with Crippen LogP contribution in [0.4, 0.5) is 0 Å². The molecule has 0 aromatic carbocycles. The fourth-order valence-electron chi connectivity index (χ4n) is 3.21. The summed E-state index contributed by atoms with van der Waals surface area (Å²) in [6.07, 6.45) is 5.30. The Morgan fingerprint density at radius 2 is 1.67 bits per heavy atom. The van der Waals surface area contributed by atoms with Crippen LogP contribution < -0.4 is 4.72 Å². The highest BCUT2D eigenvalue weighted by Gasteiger charge is 2.34. The molecule has 2 fully saturated rings. The summed E-state index contributed by atoms with van der Waals surface area (Å²) in [6.45, 7) is 4.57. The van der Waals surface area contributed by atoms with E-state index in [4.69, 9.17) is 4.74 Å². The fourth-order valence-corrected chi connectivity index (χ4v) is 4.65. The van der Waals surface area contributed by atoms with Crippen LogP contribution in [0.25, 0.3) is 0 Å². The average Bonchev–Trinajstić information content (AvgIpc) is 2.61. The standard InChI is InChI=1S/C14H28N2O4S/c1-12-9-16(10-13(2)20-12)21(18,19)15-11-14(17)7-5-3-4-6-8-14/h12-13,15,17H,3-11H2,1-2H3/t12-,13+. The first-order valence-corrected chi connectivity index (χ1v) is 9.37. The summed E-state index contributed by atoms with van der Waals surface area (Å²) in [5, 5.41) is 10.5. The summed E-state index contributed by atoms with van der Waals surface area (Å²) in [4.78, 5) is 0. The van der Waals surface area contributed by atoms with Crippen molar-refractivity contribution in [3.63, 3.8) is 0 Å². The monoisotopic (exact) mass is 320 g/mol. The highest BCUT2D eigenvalue weighted by atomic mass is 32.2. The number of hydrogen-bond acceptors (Lipinski definition) is 4. The van der Waals surface area contributed by atoms with Crippen LogP contribution in [0.5, 0.6) is 0 Å². The lowest BCUT2D eigenvalue weighted by Gasteiger charge is -2.35. The minimum Gasteiger partial charge on any atom is -0.389 e. The predicted octanol–water partition coefficient (Wildman–Crippen LogP) is 1.02. The lowest BCUT2D eigenvalue weighted by atomic mass is 9.95. The molecule has 0 aromatic heterocycles. The molecule has 1 saturated heterocycles. The summed E-state index contributed by atoms with van der Waals surface area (Å²) in [5.74, 6) is 0. The van der Waals surface area contributed by atoms with Gasteiger partial charge in [0, 0.05) is 19.6 Å². The van der Waals surface area contributed by atoms with E-state index in [0.29, 0.717) is 25.9 Å². The molecule has 2 N–H and O–H groups in total. The van der Waals surface area contributed by atoms with Crippen molar-refractivity contribution in [2.24, 2.45) is 0 Å². The summed E-state index contributed by atoms with van der Waals surface area (Å²) in [5.41, 5.74) is -0.896. The van der Waals surface area contributed by atoms with E-state index in [9.17, 15) is 13.5 Å². The zero-order valence-corrected chi connectivity index (χ0v) is 13.9. The van der Waals surface area contributed by atoms with Gasteiger partial charge in [0.15, 0.2) is 0 Å². The van der Waals surface area contributed by atoms with Gasteiger partial charge in [0.2, 0.25) is 0 Å². The van der Waals surface area contributed by atoms with Gasteiger partial charge in [-0.3, -0.25) is 0 Å². The molecule has 1 saturated carbocycles. The Bertz CT molecular complexity index is 422. The normalized spacial score (nSPS) is 31.8. The molecular weight excluding hydrogens is 292 g/mol. The minimum absolute atomic E-state index is 0.105. The van der Waals surface area contributed by atoms with Crippen LogP contribution in [0.3, 0.4) is 0 Å². The average molecular weight is 320 g/mol. The molecule has 0 unspecified atom stereocenters. The SMILES string of the molecule is C[C@@H]1CN(S(=O)(=O)NCC2(O)CCCCCC2)C[C@H](C)O1. The molecule has 2 aliphatic rings. The van der Waals surface area contributed by atoms with Crippen LogP contribution in [-0.2, 0) is 14.9 Å². The topological polar surface area (TPSA) is 78.9 Å². The van der Waals surface area contributed by atoms with Crippen molar-refractivity contribution in [3.05, 3.63) is 0 Å². The Labute approximate surface area is 128 Å². The van der Waals surface area contributed by atoms with Crippen LogP contribution in [0, 0.1) is 0 Å². The van der Waals surface area contributed by atoms with Crippen LogP contribution in [0.15, 0.2) is 0 Å². The first-order valence-electron chi connectivity index (χ1n) is 7.93. The number of rotatable bonds is 4. The maximum Gasteiger partial charge on any atom is 0.279 e. The van der Waals surface area contributed by atoms with E-state index in [1.54, 1.807) is 0 Å². The summed E-state index contributed by atoms with van der Waals surface area (Å²) in [7, 11) is -3.56. The van der Waals surface area contributed by atoms with E-state index >= 15 is 0 Å². The molecule has 0 spiro atoms. The van der Waals surface area contributed by atoms with E-state index < -0.39 is 15.8 Å². The molecule has 0 radical (unpaired) electrons. The summed E-state index contributed by atoms with van der Waals surface area (Å²) >= 11 is 0. The van der Waals surface area contributed by atoms with Gasteiger partial charge in [0.05, 0.1) is 17.8 Å². The van der Waals surface area contributed by atoms with E-state index in [-0.39, 0.29) is 18.8 Å². The second kappa shape index (κ2) is 6.91. The van der Waals surface area contributed by atoms with Gasteiger partial charge in [-0.25, -0.2) is 0 Å². The predicted molar refractivity (Wildman–Crippen MR) is 81.2 cm³/mol. The van der Waals surface area contributed by atoms with Crippen LogP contribution in [-0.4, -0.2) is 55.3 Å². The van der Waals surface area contributed by atoms with E-state index in [0.717, 1.165) is 25.7 Å². The second-order valence-corrected chi connectivity index (χ2v) is 8.29. The molecule has 0 amide bonds. The van der Waals surface area contributed by atoms with Gasteiger partial charge in [0.1, 0.15) is 0 Å². The zero-order valence-electron chi connectivity index (χ0n) is 13.0. The molecule has 2 rings (SSSR count). The molecule has 1 aliphatic heterocycles. The van der Waals surface area contributed by atoms with Gasteiger partial charge in [-0.1, -0.05) is 25.7 Å². The molecule has 2 atom stereocenters. The first-order chi connectivity index (χ1) is 9.81. The Kier molecular flexibility index (Phi) is 5.65. The third-order valence-electron chi connectivity index (χ3n) is 4.34. The number of nitrogens with one attached hydrogen (secondary N) is 1. The largest absolute Gasteiger partial charge is 0.389 e. The van der Waals surface area contributed by atoms with Crippen molar-refractivity contribution in [1.82, 2.24) is 9.03 Å². The van der Waals surface area contributed by atoms with Crippen molar-refractivity contribution >= 4 is 10.2 Å². The third-order valence-corrected chi connectivity index (χ3v) is 5.83. The molecule has 124 valence electrons. The highest BCUT2D eigenvalue weighted by molar-refractivity contribution is 7.87. The second-order valence-electron chi connectivity index (χ2n) is 6.54. The summed E-state index contributed by atoms with van der Waals surface area (Å²) < 4.78 is 34.4. The smallest absolute Gasteiger partial charge is 0.279 e. The first kappa shape index (κ1) is 17.1. The molecule has 21 heavy (non-hydrogen) atoms. The number of ether oxygens (including phenoxy) is 1. The van der Waals surface area contributed by atoms with Gasteiger partial charge < -0.3 is 9.84 Å². The van der Waals surface area contributed by atoms with Crippen molar-refractivity contribution in [2.45, 2.75) is 70.2 Å². The Balaban J connectivity index is 1.94. The van der Waals surface area contributed by atoms with Gasteiger partial charge in [-0.15, -0.1) is 0 Å². The third kappa shape index (κ3) is 4.89. The van der Waals surface area contributed by atoms with E-state index in [1.807, 2.05) is 13.8 Å². The number of hydrogen-bond donors (Lipinski definition) is 2. The zero-order chi connectivity index (χ0) is 15.5. The lowest BCUT2D eigenvalue weighted by Crippen LogP contribution is -2.54. The molecule has 0 bridgehead atoms. The maximum atomic E-state index is 12.4. The molecule has 1 aliphatic carbocycles. The van der Waals surface area contributed by atoms with Crippen LogP contribution in [0.2, 0.25) is 0 Å². The van der Waals surface area contributed by atoms with Gasteiger partial charge >= 0.3 is 0 Å². The minimum atomic E-state index is -3.56. The quantitative estimate of drug-likeness (QED) is 0.758. The number of nitrogens with zero attached hydrogens (tertiary/aromatic N) is 1. The molecule has 7 heteroatoms. The maximum absolute atomic E-state index is 12.4. The van der Waals surface area contributed by atoms with Gasteiger partial charge in [-0.2, -0.15) is 17.4 Å². The van der Waals surface area contributed by atoms with Crippen molar-refractivity contribution in [2.75, 3.05) is 19.6 Å². The van der Waals surface area contributed by atoms with Crippen molar-refractivity contribution in [1.29, 1.82) is 0 Å². The van der Waals surface area contributed by atoms with Crippen molar-refractivity contribution < 1.29 is 18.3 Å². The van der Waals surface area contributed by atoms with Crippen LogP contribution in [0.1, 0.15) is 52.4 Å². The molecule has 0 aromatic rings. The Hall–Kier alpha value is -0.210. The number of morpholine rings is 1. The van der Waals surface area contributed by atoms with Gasteiger partial charge in [-0.05, 0) is 26.7 Å².